The molecule has 1 rings (SSSR count). The summed E-state index contributed by atoms with van der Waals surface area (Å²) in [6.07, 6.45) is 0.725. The van der Waals surface area contributed by atoms with E-state index in [4.69, 9.17) is 4.74 Å². The smallest absolute Gasteiger partial charge is 0.203 e. The summed E-state index contributed by atoms with van der Waals surface area (Å²) in [5.74, 6) is 0. The van der Waals surface area contributed by atoms with Crippen molar-refractivity contribution in [3.05, 3.63) is 35.9 Å². The Bertz CT molecular complexity index is 260. The molecule has 1 atom stereocenters. The molecule has 64 valence electrons. The Balaban J connectivity index is 3.03. The van der Waals surface area contributed by atoms with E-state index in [1.54, 1.807) is 0 Å². The fourth-order valence-corrected chi connectivity index (χ4v) is 1.16. The van der Waals surface area contributed by atoms with Crippen LogP contribution in [0.15, 0.2) is 30.3 Å². The van der Waals surface area contributed by atoms with Crippen molar-refractivity contribution in [1.29, 1.82) is 0 Å². The van der Waals surface area contributed by atoms with Crippen LogP contribution in [0.25, 0.3) is 0 Å². The minimum atomic E-state index is -0.992. The van der Waals surface area contributed by atoms with E-state index in [0.29, 0.717) is 0 Å². The Labute approximate surface area is 79.7 Å². The van der Waals surface area contributed by atoms with Gasteiger partial charge in [-0.3, -0.25) is 4.79 Å². The summed E-state index contributed by atoms with van der Waals surface area (Å²) in [7, 11) is 1.48. The maximum absolute atomic E-state index is 10.7. The van der Waals surface area contributed by atoms with E-state index in [-0.39, 0.29) is 0 Å². The molecular weight excluding hydrogens is 220 g/mol. The third kappa shape index (κ3) is 1.73. The van der Waals surface area contributed by atoms with Gasteiger partial charge in [-0.25, -0.2) is 0 Å². The predicted molar refractivity (Wildman–Crippen MR) is 50.1 cm³/mol. The average molecular weight is 229 g/mol. The first-order valence-electron chi connectivity index (χ1n) is 3.49. The van der Waals surface area contributed by atoms with Crippen LogP contribution in [-0.2, 0) is 14.0 Å². The molecule has 0 aliphatic heterocycles. The Kier molecular flexibility index (Phi) is 3.00. The zero-order chi connectivity index (χ0) is 9.03. The third-order valence-corrected chi connectivity index (χ3v) is 2.58. The van der Waals surface area contributed by atoms with E-state index in [0.717, 1.165) is 11.8 Å². The number of aldehydes is 1. The highest BCUT2D eigenvalue weighted by atomic mass is 79.9. The molecule has 0 radical (unpaired) electrons. The van der Waals surface area contributed by atoms with Crippen LogP contribution >= 0.6 is 15.9 Å². The summed E-state index contributed by atoms with van der Waals surface area (Å²) < 4.78 is 4.03. The van der Waals surface area contributed by atoms with E-state index < -0.39 is 4.51 Å². The van der Waals surface area contributed by atoms with E-state index in [2.05, 4.69) is 15.9 Å². The van der Waals surface area contributed by atoms with Gasteiger partial charge in [0.15, 0.2) is 6.29 Å². The van der Waals surface area contributed by atoms with Gasteiger partial charge in [-0.05, 0) is 15.9 Å². The summed E-state index contributed by atoms with van der Waals surface area (Å²) in [6.45, 7) is 0. The van der Waals surface area contributed by atoms with Gasteiger partial charge in [-0.2, -0.15) is 0 Å². The largest absolute Gasteiger partial charge is 0.356 e. The highest BCUT2D eigenvalue weighted by Gasteiger charge is 2.27. The minimum absolute atomic E-state index is 0.725. The van der Waals surface area contributed by atoms with Crippen LogP contribution in [0.2, 0.25) is 0 Å². The van der Waals surface area contributed by atoms with Gasteiger partial charge in [-0.15, -0.1) is 0 Å². The fourth-order valence-electron chi connectivity index (χ4n) is 0.899. The second-order valence-corrected chi connectivity index (χ2v) is 3.51. The van der Waals surface area contributed by atoms with Crippen LogP contribution in [0.3, 0.4) is 0 Å². The van der Waals surface area contributed by atoms with Gasteiger partial charge >= 0.3 is 0 Å². The summed E-state index contributed by atoms with van der Waals surface area (Å²) in [6, 6.07) is 9.25. The van der Waals surface area contributed by atoms with E-state index >= 15 is 0 Å². The monoisotopic (exact) mass is 228 g/mol. The highest BCUT2D eigenvalue weighted by molar-refractivity contribution is 9.10. The van der Waals surface area contributed by atoms with Crippen LogP contribution in [0, 0.1) is 0 Å². The Morgan fingerprint density at radius 3 is 2.42 bits per heavy atom. The molecule has 1 aromatic carbocycles. The van der Waals surface area contributed by atoms with Gasteiger partial charge < -0.3 is 4.74 Å². The lowest BCUT2D eigenvalue weighted by Crippen LogP contribution is -2.21. The average Bonchev–Trinajstić information content (AvgIpc) is 2.18. The lowest BCUT2D eigenvalue weighted by Gasteiger charge is -2.18. The molecule has 0 aliphatic rings. The summed E-state index contributed by atoms with van der Waals surface area (Å²) in [4.78, 5) is 10.7. The molecule has 0 fully saturated rings. The van der Waals surface area contributed by atoms with Crippen molar-refractivity contribution in [2.45, 2.75) is 4.51 Å². The first-order valence-corrected chi connectivity index (χ1v) is 4.28. The van der Waals surface area contributed by atoms with Crippen molar-refractivity contribution in [3.63, 3.8) is 0 Å². The number of ether oxygens (including phenoxy) is 1. The van der Waals surface area contributed by atoms with Gasteiger partial charge in [0, 0.05) is 12.7 Å². The molecule has 0 saturated carbocycles. The van der Waals surface area contributed by atoms with Gasteiger partial charge in [0.1, 0.15) is 0 Å². The molecule has 0 N–H and O–H groups in total. The molecule has 0 amide bonds. The number of carbonyl (C=O) groups excluding carboxylic acids is 1. The zero-order valence-electron chi connectivity index (χ0n) is 6.66. The minimum Gasteiger partial charge on any atom is -0.356 e. The summed E-state index contributed by atoms with van der Waals surface area (Å²) in [5, 5.41) is 0. The highest BCUT2D eigenvalue weighted by Crippen LogP contribution is 2.29. The van der Waals surface area contributed by atoms with E-state index in [1.807, 2.05) is 30.3 Å². The molecule has 0 bridgehead atoms. The number of rotatable bonds is 3. The Hall–Kier alpha value is -0.670. The maximum Gasteiger partial charge on any atom is 0.203 e. The molecule has 0 aliphatic carbocycles. The standard InChI is InChI=1S/C9H9BrO2/c1-12-9(10,7-11)8-5-3-2-4-6-8/h2-7H,1H3. The van der Waals surface area contributed by atoms with Crippen LogP contribution in [0.1, 0.15) is 5.56 Å². The van der Waals surface area contributed by atoms with Gasteiger partial charge in [0.25, 0.3) is 0 Å². The predicted octanol–water partition coefficient (Wildman–Crippen LogP) is 2.08. The van der Waals surface area contributed by atoms with Gasteiger partial charge in [0.2, 0.25) is 4.51 Å². The van der Waals surface area contributed by atoms with Crippen LogP contribution in [0.4, 0.5) is 0 Å². The second-order valence-electron chi connectivity index (χ2n) is 2.33. The van der Waals surface area contributed by atoms with Gasteiger partial charge in [-0.1, -0.05) is 30.3 Å². The SMILES string of the molecule is COC(Br)(C=O)c1ccccc1. The number of alkyl halides is 1. The van der Waals surface area contributed by atoms with E-state index in [1.165, 1.54) is 7.11 Å². The molecule has 3 heteroatoms. The number of benzene rings is 1. The fraction of sp³-hybridized carbons (Fsp3) is 0.222. The van der Waals surface area contributed by atoms with Crippen LogP contribution in [-0.4, -0.2) is 13.4 Å². The molecule has 1 aromatic rings. The van der Waals surface area contributed by atoms with Crippen LogP contribution < -0.4 is 0 Å². The van der Waals surface area contributed by atoms with Crippen molar-refractivity contribution >= 4 is 22.2 Å². The molecule has 0 saturated heterocycles. The molecule has 12 heavy (non-hydrogen) atoms. The van der Waals surface area contributed by atoms with Gasteiger partial charge in [0.05, 0.1) is 0 Å². The number of hydrogen-bond donors (Lipinski definition) is 0. The maximum atomic E-state index is 10.7. The molecule has 1 unspecified atom stereocenters. The Morgan fingerprint density at radius 2 is 2.00 bits per heavy atom. The summed E-state index contributed by atoms with van der Waals surface area (Å²) in [5.41, 5.74) is 0.794. The summed E-state index contributed by atoms with van der Waals surface area (Å²) >= 11 is 3.20. The lowest BCUT2D eigenvalue weighted by atomic mass is 10.1. The van der Waals surface area contributed by atoms with E-state index in [9.17, 15) is 4.79 Å². The zero-order valence-corrected chi connectivity index (χ0v) is 8.24. The van der Waals surface area contributed by atoms with Crippen molar-refractivity contribution in [1.82, 2.24) is 0 Å². The molecule has 0 heterocycles. The number of hydrogen-bond acceptors (Lipinski definition) is 2. The molecule has 0 aromatic heterocycles. The number of methoxy groups -OCH3 is 1. The topological polar surface area (TPSA) is 26.3 Å². The van der Waals surface area contributed by atoms with Crippen molar-refractivity contribution in [2.75, 3.05) is 7.11 Å². The van der Waals surface area contributed by atoms with Crippen LogP contribution in [0.5, 0.6) is 0 Å². The molecule has 2 nitrogen and oxygen atoms in total. The Morgan fingerprint density at radius 1 is 1.42 bits per heavy atom. The number of halogens is 1. The quantitative estimate of drug-likeness (QED) is 0.585. The molecular formula is C9H9BrO2. The number of carbonyl (C=O) groups is 1. The van der Waals surface area contributed by atoms with Crippen molar-refractivity contribution < 1.29 is 9.53 Å². The van der Waals surface area contributed by atoms with Crippen molar-refractivity contribution in [3.8, 4) is 0 Å². The normalized spacial score (nSPS) is 15.2. The molecule has 0 spiro atoms. The van der Waals surface area contributed by atoms with Crippen molar-refractivity contribution in [2.24, 2.45) is 0 Å². The first kappa shape index (κ1) is 9.42. The second kappa shape index (κ2) is 3.83. The third-order valence-electron chi connectivity index (χ3n) is 1.62. The lowest BCUT2D eigenvalue weighted by molar-refractivity contribution is -0.118. The first-order chi connectivity index (χ1) is 5.73.